The zero-order valence-electron chi connectivity index (χ0n) is 11.9. The number of rotatable bonds is 7. The molecule has 0 saturated carbocycles. The van der Waals surface area contributed by atoms with Crippen molar-refractivity contribution in [2.24, 2.45) is 11.1 Å². The van der Waals surface area contributed by atoms with Crippen LogP contribution in [-0.4, -0.2) is 23.5 Å². The highest BCUT2D eigenvalue weighted by Crippen LogP contribution is 2.21. The standard InChI is InChI=1S/C15H22N2O3/c1-15(2,10-16)14(20)17-12(8-9-13(18)19)11-6-4-3-5-7-11/h3-7,12H,8-10,16H2,1-2H3,(H,17,20)(H,18,19). The van der Waals surface area contributed by atoms with E-state index in [2.05, 4.69) is 5.32 Å². The Labute approximate surface area is 119 Å². The maximum absolute atomic E-state index is 12.2. The molecule has 110 valence electrons. The molecule has 4 N–H and O–H groups in total. The first-order chi connectivity index (χ1) is 9.36. The van der Waals surface area contributed by atoms with Gasteiger partial charge in [0.25, 0.3) is 0 Å². The molecule has 20 heavy (non-hydrogen) atoms. The van der Waals surface area contributed by atoms with Crippen molar-refractivity contribution in [3.05, 3.63) is 35.9 Å². The maximum atomic E-state index is 12.2. The minimum Gasteiger partial charge on any atom is -0.481 e. The van der Waals surface area contributed by atoms with Crippen LogP contribution in [0.4, 0.5) is 0 Å². The number of nitrogens with two attached hydrogens (primary N) is 1. The van der Waals surface area contributed by atoms with E-state index >= 15 is 0 Å². The summed E-state index contributed by atoms with van der Waals surface area (Å²) in [7, 11) is 0. The Morgan fingerprint density at radius 3 is 2.40 bits per heavy atom. The molecular formula is C15H22N2O3. The van der Waals surface area contributed by atoms with Gasteiger partial charge in [0.1, 0.15) is 0 Å². The van der Waals surface area contributed by atoms with Crippen molar-refractivity contribution in [2.45, 2.75) is 32.7 Å². The fourth-order valence-corrected chi connectivity index (χ4v) is 1.72. The Morgan fingerprint density at radius 1 is 1.30 bits per heavy atom. The van der Waals surface area contributed by atoms with Crippen LogP contribution in [0.25, 0.3) is 0 Å². The molecule has 5 nitrogen and oxygen atoms in total. The summed E-state index contributed by atoms with van der Waals surface area (Å²) in [5.41, 5.74) is 5.82. The highest BCUT2D eigenvalue weighted by Gasteiger charge is 2.28. The van der Waals surface area contributed by atoms with Gasteiger partial charge in [-0.15, -0.1) is 0 Å². The van der Waals surface area contributed by atoms with Crippen LogP contribution >= 0.6 is 0 Å². The number of carbonyl (C=O) groups excluding carboxylic acids is 1. The lowest BCUT2D eigenvalue weighted by molar-refractivity contribution is -0.137. The first-order valence-corrected chi connectivity index (χ1v) is 6.64. The number of aliphatic carboxylic acids is 1. The summed E-state index contributed by atoms with van der Waals surface area (Å²) < 4.78 is 0. The van der Waals surface area contributed by atoms with Crippen molar-refractivity contribution in [2.75, 3.05) is 6.54 Å². The van der Waals surface area contributed by atoms with Crippen LogP contribution in [-0.2, 0) is 9.59 Å². The highest BCUT2D eigenvalue weighted by molar-refractivity contribution is 5.82. The number of carboxylic acid groups (broad SMARTS) is 1. The molecule has 0 saturated heterocycles. The minimum absolute atomic E-state index is 0.00287. The fraction of sp³-hybridized carbons (Fsp3) is 0.467. The van der Waals surface area contributed by atoms with Crippen molar-refractivity contribution in [1.82, 2.24) is 5.32 Å². The molecule has 0 aliphatic rings. The molecule has 1 unspecified atom stereocenters. The molecule has 0 spiro atoms. The second kappa shape index (κ2) is 7.05. The summed E-state index contributed by atoms with van der Waals surface area (Å²) in [4.78, 5) is 22.9. The van der Waals surface area contributed by atoms with Crippen molar-refractivity contribution in [3.8, 4) is 0 Å². The Morgan fingerprint density at radius 2 is 1.90 bits per heavy atom. The van der Waals surface area contributed by atoms with E-state index in [0.29, 0.717) is 6.42 Å². The monoisotopic (exact) mass is 278 g/mol. The molecule has 0 fully saturated rings. The predicted octanol–water partition coefficient (Wildman–Crippen LogP) is 1.69. The van der Waals surface area contributed by atoms with E-state index in [4.69, 9.17) is 10.8 Å². The van der Waals surface area contributed by atoms with Crippen molar-refractivity contribution in [3.63, 3.8) is 0 Å². The summed E-state index contributed by atoms with van der Waals surface area (Å²) in [6, 6.07) is 9.05. The van der Waals surface area contributed by atoms with E-state index < -0.39 is 11.4 Å². The van der Waals surface area contributed by atoms with Crippen LogP contribution in [0.15, 0.2) is 30.3 Å². The molecule has 0 bridgehead atoms. The third kappa shape index (κ3) is 4.66. The first-order valence-electron chi connectivity index (χ1n) is 6.64. The first kappa shape index (κ1) is 16.2. The Hall–Kier alpha value is -1.88. The Balaban J connectivity index is 2.83. The third-order valence-electron chi connectivity index (χ3n) is 3.28. The van der Waals surface area contributed by atoms with Gasteiger partial charge in [-0.2, -0.15) is 0 Å². The fourth-order valence-electron chi connectivity index (χ4n) is 1.72. The second-order valence-corrected chi connectivity index (χ2v) is 5.46. The lowest BCUT2D eigenvalue weighted by Gasteiger charge is -2.26. The van der Waals surface area contributed by atoms with Gasteiger partial charge in [-0.3, -0.25) is 9.59 Å². The van der Waals surface area contributed by atoms with Gasteiger partial charge in [0.2, 0.25) is 5.91 Å². The van der Waals surface area contributed by atoms with Gasteiger partial charge >= 0.3 is 5.97 Å². The number of nitrogens with one attached hydrogen (secondary N) is 1. The minimum atomic E-state index is -0.877. The summed E-state index contributed by atoms with van der Waals surface area (Å²) in [6.45, 7) is 3.77. The van der Waals surface area contributed by atoms with Gasteiger partial charge < -0.3 is 16.2 Å². The molecule has 1 aromatic rings. The molecule has 1 aromatic carbocycles. The maximum Gasteiger partial charge on any atom is 0.303 e. The average molecular weight is 278 g/mol. The van der Waals surface area contributed by atoms with Gasteiger partial charge in [0, 0.05) is 13.0 Å². The van der Waals surface area contributed by atoms with Crippen LogP contribution in [0.1, 0.15) is 38.3 Å². The van der Waals surface area contributed by atoms with E-state index in [1.165, 1.54) is 0 Å². The number of hydrogen-bond donors (Lipinski definition) is 3. The van der Waals surface area contributed by atoms with E-state index in [-0.39, 0.29) is 24.9 Å². The second-order valence-electron chi connectivity index (χ2n) is 5.46. The van der Waals surface area contributed by atoms with Crippen LogP contribution in [0.3, 0.4) is 0 Å². The molecule has 5 heteroatoms. The molecule has 0 aromatic heterocycles. The molecule has 1 atom stereocenters. The van der Waals surface area contributed by atoms with Gasteiger partial charge in [-0.1, -0.05) is 30.3 Å². The molecule has 1 amide bonds. The van der Waals surface area contributed by atoms with Gasteiger partial charge in [-0.05, 0) is 25.8 Å². The molecule has 0 radical (unpaired) electrons. The SMILES string of the molecule is CC(C)(CN)C(=O)NC(CCC(=O)O)c1ccccc1. The number of carboxylic acids is 1. The summed E-state index contributed by atoms with van der Waals surface area (Å²) in [5, 5.41) is 11.7. The number of benzene rings is 1. The third-order valence-corrected chi connectivity index (χ3v) is 3.28. The summed E-state index contributed by atoms with van der Waals surface area (Å²) >= 11 is 0. The largest absolute Gasteiger partial charge is 0.481 e. The molecule has 0 aliphatic carbocycles. The molecule has 0 aliphatic heterocycles. The van der Waals surface area contributed by atoms with Gasteiger partial charge in [0.05, 0.1) is 11.5 Å². The smallest absolute Gasteiger partial charge is 0.303 e. The zero-order chi connectivity index (χ0) is 15.2. The number of carbonyl (C=O) groups is 2. The normalized spacial score (nSPS) is 12.8. The molecule has 0 heterocycles. The topological polar surface area (TPSA) is 92.4 Å². The van der Waals surface area contributed by atoms with Gasteiger partial charge in [0.15, 0.2) is 0 Å². The predicted molar refractivity (Wildman–Crippen MR) is 77.0 cm³/mol. The van der Waals surface area contributed by atoms with Crippen LogP contribution in [0.2, 0.25) is 0 Å². The summed E-state index contributed by atoms with van der Waals surface area (Å²) in [6.07, 6.45) is 0.356. The van der Waals surface area contributed by atoms with E-state index in [0.717, 1.165) is 5.56 Å². The Bertz CT molecular complexity index is 457. The van der Waals surface area contributed by atoms with Crippen LogP contribution in [0.5, 0.6) is 0 Å². The van der Waals surface area contributed by atoms with Crippen LogP contribution < -0.4 is 11.1 Å². The van der Waals surface area contributed by atoms with Crippen molar-refractivity contribution >= 4 is 11.9 Å². The van der Waals surface area contributed by atoms with E-state index in [1.54, 1.807) is 13.8 Å². The van der Waals surface area contributed by atoms with E-state index in [9.17, 15) is 9.59 Å². The highest BCUT2D eigenvalue weighted by atomic mass is 16.4. The Kier molecular flexibility index (Phi) is 5.70. The quantitative estimate of drug-likeness (QED) is 0.707. The average Bonchev–Trinajstić information content (AvgIpc) is 2.43. The molecule has 1 rings (SSSR count). The lowest BCUT2D eigenvalue weighted by atomic mass is 9.91. The zero-order valence-corrected chi connectivity index (χ0v) is 11.9. The van der Waals surface area contributed by atoms with Crippen molar-refractivity contribution < 1.29 is 14.7 Å². The molecular weight excluding hydrogens is 256 g/mol. The number of amides is 1. The lowest BCUT2D eigenvalue weighted by Crippen LogP contribution is -2.43. The number of hydrogen-bond acceptors (Lipinski definition) is 3. The van der Waals surface area contributed by atoms with Crippen molar-refractivity contribution in [1.29, 1.82) is 0 Å². The van der Waals surface area contributed by atoms with E-state index in [1.807, 2.05) is 30.3 Å². The van der Waals surface area contributed by atoms with Gasteiger partial charge in [-0.25, -0.2) is 0 Å². The summed E-state index contributed by atoms with van der Waals surface area (Å²) in [5.74, 6) is -1.04. The van der Waals surface area contributed by atoms with Crippen LogP contribution in [0, 0.1) is 5.41 Å².